The molecule has 3 aromatic rings. The van der Waals surface area contributed by atoms with E-state index in [2.05, 4.69) is 4.98 Å². The zero-order chi connectivity index (χ0) is 27.2. The van der Waals surface area contributed by atoms with Gasteiger partial charge in [-0.2, -0.15) is 0 Å². The minimum atomic E-state index is -0.985. The van der Waals surface area contributed by atoms with Gasteiger partial charge in [0, 0.05) is 0 Å². The zero-order valence-electron chi connectivity index (χ0n) is 21.3. The molecule has 0 aliphatic carbocycles. The molecule has 1 amide bonds. The molecule has 1 aliphatic heterocycles. The van der Waals surface area contributed by atoms with Crippen LogP contribution in [0.3, 0.4) is 0 Å². The van der Waals surface area contributed by atoms with Crippen molar-refractivity contribution >= 4 is 40.2 Å². The maximum Gasteiger partial charge on any atom is 0.350 e. The number of carbonyl (C=O) groups is 3. The number of ether oxygens (including phenoxy) is 2. The molecule has 2 heterocycles. The zero-order valence-corrected chi connectivity index (χ0v) is 22.2. The van der Waals surface area contributed by atoms with Crippen molar-refractivity contribution in [2.45, 2.75) is 33.2 Å². The molecule has 196 valence electrons. The second-order valence-corrected chi connectivity index (χ2v) is 9.48. The van der Waals surface area contributed by atoms with Crippen molar-refractivity contribution in [3.63, 3.8) is 0 Å². The van der Waals surface area contributed by atoms with Crippen LogP contribution in [0.15, 0.2) is 72.0 Å². The highest BCUT2D eigenvalue weighted by Crippen LogP contribution is 2.43. The van der Waals surface area contributed by atoms with Crippen molar-refractivity contribution in [2.75, 3.05) is 18.1 Å². The summed E-state index contributed by atoms with van der Waals surface area (Å²) in [5, 5.41) is 11.1. The summed E-state index contributed by atoms with van der Waals surface area (Å²) >= 11 is 0.972. The molecule has 0 spiro atoms. The molecule has 1 atom stereocenters. The Labute approximate surface area is 224 Å². The minimum Gasteiger partial charge on any atom is -0.503 e. The summed E-state index contributed by atoms with van der Waals surface area (Å²) in [6.07, 6.45) is 3.77. The average Bonchev–Trinajstić information content (AvgIpc) is 3.43. The van der Waals surface area contributed by atoms with E-state index < -0.39 is 29.5 Å². The molecule has 4 rings (SSSR count). The number of carbonyl (C=O) groups excluding carboxylic acids is 3. The van der Waals surface area contributed by atoms with Crippen LogP contribution in [0.4, 0.5) is 5.13 Å². The molecule has 0 saturated carbocycles. The number of amides is 1. The van der Waals surface area contributed by atoms with Crippen molar-refractivity contribution in [1.82, 2.24) is 4.98 Å². The predicted molar refractivity (Wildman–Crippen MR) is 145 cm³/mol. The topological polar surface area (TPSA) is 106 Å². The number of benzene rings is 2. The molecule has 38 heavy (non-hydrogen) atoms. The second kappa shape index (κ2) is 11.9. The highest BCUT2D eigenvalue weighted by atomic mass is 32.1. The van der Waals surface area contributed by atoms with E-state index in [1.807, 2.05) is 37.3 Å². The van der Waals surface area contributed by atoms with Crippen LogP contribution in [0.25, 0.3) is 6.08 Å². The molecule has 1 N–H and O–H groups in total. The monoisotopic (exact) mass is 532 g/mol. The Kier molecular flexibility index (Phi) is 8.38. The number of allylic oxidation sites excluding steroid dienone is 1. The summed E-state index contributed by atoms with van der Waals surface area (Å²) in [6.45, 7) is 6.02. The Morgan fingerprint density at radius 2 is 1.89 bits per heavy atom. The van der Waals surface area contributed by atoms with Crippen LogP contribution in [0, 0.1) is 6.92 Å². The number of nitrogens with zero attached hydrogens (tertiary/aromatic N) is 2. The predicted octanol–water partition coefficient (Wildman–Crippen LogP) is 5.60. The highest BCUT2D eigenvalue weighted by Gasteiger charge is 2.45. The number of thiazole rings is 1. The van der Waals surface area contributed by atoms with Crippen LogP contribution >= 0.6 is 11.3 Å². The van der Waals surface area contributed by atoms with Gasteiger partial charge in [0.1, 0.15) is 10.6 Å². The van der Waals surface area contributed by atoms with E-state index in [1.165, 1.54) is 11.0 Å². The number of aryl methyl sites for hydroxylation is 1. The second-order valence-electron chi connectivity index (χ2n) is 8.50. The van der Waals surface area contributed by atoms with Crippen LogP contribution in [-0.4, -0.2) is 41.0 Å². The average molecular weight is 533 g/mol. The van der Waals surface area contributed by atoms with E-state index in [0.717, 1.165) is 23.3 Å². The summed E-state index contributed by atoms with van der Waals surface area (Å²) in [5.41, 5.74) is 1.65. The van der Waals surface area contributed by atoms with Crippen molar-refractivity contribution in [1.29, 1.82) is 0 Å². The Bertz CT molecular complexity index is 1410. The van der Waals surface area contributed by atoms with E-state index in [0.29, 0.717) is 23.6 Å². The SMILES string of the molecule is CCCOc1cccc(C2C(C(=O)C=Cc3ccccc3)=C(O)C(=O)N2c2nc(C)c(C(=O)OCC)s2)c1. The van der Waals surface area contributed by atoms with Gasteiger partial charge in [-0.05, 0) is 49.6 Å². The standard InChI is InChI=1S/C29H28N2O6S/c1-4-16-37-21-13-9-12-20(17-21)24-23(22(32)15-14-19-10-7-6-8-11-19)25(33)27(34)31(24)29-30-18(3)26(38-29)28(35)36-5-2/h6-15,17,24,33H,4-5,16H2,1-3H3. The molecule has 0 saturated heterocycles. The van der Waals surface area contributed by atoms with Gasteiger partial charge in [0.15, 0.2) is 16.7 Å². The fraction of sp³-hybridized carbons (Fsp3) is 0.241. The number of aliphatic hydroxyl groups excluding tert-OH is 1. The van der Waals surface area contributed by atoms with Gasteiger partial charge in [0.2, 0.25) is 0 Å². The molecule has 8 nitrogen and oxygen atoms in total. The lowest BCUT2D eigenvalue weighted by atomic mass is 9.95. The van der Waals surface area contributed by atoms with Crippen LogP contribution in [0.1, 0.15) is 52.8 Å². The molecule has 1 unspecified atom stereocenters. The van der Waals surface area contributed by atoms with Crippen LogP contribution in [0.2, 0.25) is 0 Å². The fourth-order valence-electron chi connectivity index (χ4n) is 4.06. The van der Waals surface area contributed by atoms with Crippen molar-refractivity contribution in [3.05, 3.63) is 93.7 Å². The third-order valence-electron chi connectivity index (χ3n) is 5.80. The van der Waals surface area contributed by atoms with Crippen LogP contribution in [0.5, 0.6) is 5.75 Å². The molecular weight excluding hydrogens is 504 g/mol. The highest BCUT2D eigenvalue weighted by molar-refractivity contribution is 7.17. The maximum atomic E-state index is 13.5. The van der Waals surface area contributed by atoms with Gasteiger partial charge >= 0.3 is 5.97 Å². The van der Waals surface area contributed by atoms with Crippen LogP contribution < -0.4 is 9.64 Å². The van der Waals surface area contributed by atoms with E-state index in [9.17, 15) is 19.5 Å². The van der Waals surface area contributed by atoms with Crippen molar-refractivity contribution < 1.29 is 29.0 Å². The first-order chi connectivity index (χ1) is 18.3. The number of hydrogen-bond acceptors (Lipinski definition) is 8. The van der Waals surface area contributed by atoms with E-state index in [1.54, 1.807) is 44.2 Å². The molecule has 0 bridgehead atoms. The third-order valence-corrected chi connectivity index (χ3v) is 6.94. The Balaban J connectivity index is 1.79. The summed E-state index contributed by atoms with van der Waals surface area (Å²) in [4.78, 5) is 45.2. The molecule has 1 aliphatic rings. The van der Waals surface area contributed by atoms with E-state index in [4.69, 9.17) is 9.47 Å². The summed E-state index contributed by atoms with van der Waals surface area (Å²) in [5.74, 6) is -1.95. The Hall–Kier alpha value is -4.24. The van der Waals surface area contributed by atoms with Gasteiger partial charge in [0.25, 0.3) is 5.91 Å². The third kappa shape index (κ3) is 5.52. The van der Waals surface area contributed by atoms with E-state index in [-0.39, 0.29) is 22.2 Å². The summed E-state index contributed by atoms with van der Waals surface area (Å²) in [6, 6.07) is 15.3. The normalized spacial score (nSPS) is 15.4. The lowest BCUT2D eigenvalue weighted by Crippen LogP contribution is -2.30. The summed E-state index contributed by atoms with van der Waals surface area (Å²) < 4.78 is 10.9. The first-order valence-electron chi connectivity index (χ1n) is 12.3. The number of hydrogen-bond donors (Lipinski definition) is 1. The number of anilines is 1. The molecule has 9 heteroatoms. The number of esters is 1. The van der Waals surface area contributed by atoms with Gasteiger partial charge in [-0.3, -0.25) is 14.5 Å². The van der Waals surface area contributed by atoms with Crippen molar-refractivity contribution in [2.24, 2.45) is 0 Å². The lowest BCUT2D eigenvalue weighted by molar-refractivity contribution is -0.117. The quantitative estimate of drug-likeness (QED) is 0.268. The molecule has 2 aromatic carbocycles. The number of aliphatic hydroxyl groups is 1. The van der Waals surface area contributed by atoms with Gasteiger partial charge in [-0.1, -0.05) is 66.8 Å². The Morgan fingerprint density at radius 1 is 1.13 bits per heavy atom. The van der Waals surface area contributed by atoms with Gasteiger partial charge in [0.05, 0.1) is 30.5 Å². The van der Waals surface area contributed by atoms with E-state index >= 15 is 0 Å². The van der Waals surface area contributed by atoms with Gasteiger partial charge in [-0.25, -0.2) is 9.78 Å². The largest absolute Gasteiger partial charge is 0.503 e. The fourth-order valence-corrected chi connectivity index (χ4v) is 5.05. The first-order valence-corrected chi connectivity index (χ1v) is 13.1. The smallest absolute Gasteiger partial charge is 0.350 e. The number of aromatic nitrogens is 1. The Morgan fingerprint density at radius 3 is 2.61 bits per heavy atom. The molecule has 0 radical (unpaired) electrons. The molecule has 1 aromatic heterocycles. The first kappa shape index (κ1) is 26.8. The minimum absolute atomic E-state index is 0.0830. The summed E-state index contributed by atoms with van der Waals surface area (Å²) in [7, 11) is 0. The molecular formula is C29H28N2O6S. The number of ketones is 1. The van der Waals surface area contributed by atoms with Crippen molar-refractivity contribution in [3.8, 4) is 5.75 Å². The lowest BCUT2D eigenvalue weighted by Gasteiger charge is -2.24. The molecule has 0 fully saturated rings. The van der Waals surface area contributed by atoms with Gasteiger partial charge < -0.3 is 14.6 Å². The van der Waals surface area contributed by atoms with Gasteiger partial charge in [-0.15, -0.1) is 0 Å². The van der Waals surface area contributed by atoms with Crippen LogP contribution in [-0.2, 0) is 14.3 Å². The number of rotatable bonds is 10. The maximum absolute atomic E-state index is 13.5.